The molecule has 0 spiro atoms. The van der Waals surface area contributed by atoms with Crippen molar-refractivity contribution in [2.75, 3.05) is 39.6 Å². The Kier molecular flexibility index (Phi) is 70.9. The molecular weight excluding hydrogens is 1310 g/mol. The van der Waals surface area contributed by atoms with Crippen molar-refractivity contribution >= 4 is 33.6 Å². The minimum atomic E-state index is -4.95. The van der Waals surface area contributed by atoms with Crippen LogP contribution in [0.15, 0.2) is 170 Å². The summed E-state index contributed by atoms with van der Waals surface area (Å²) in [6, 6.07) is 0. The predicted octanol–water partition coefficient (Wildman–Crippen LogP) is 22.4. The van der Waals surface area contributed by atoms with Gasteiger partial charge in [-0.3, -0.25) is 32.5 Å². The molecule has 0 radical (unpaired) electrons. The molecule has 16 nitrogen and oxygen atoms in total. The summed E-state index contributed by atoms with van der Waals surface area (Å²) in [5.74, 6) is -1.64. The minimum absolute atomic E-state index is 0.0763. The number of rotatable bonds is 71. The fraction of sp³-hybridized carbons (Fsp3) is 0.627. The standard InChI is InChI=1S/C83H136O16P2/c1-4-7-10-13-16-19-22-25-28-31-34-35-36-37-38-39-40-41-44-46-48-51-54-57-60-63-66-69-81(86)93-72-78(84)73-95-100(89,90)96-74-79(85)75-97-101(91,92)98-77-80(99-83(88)71-68-65-62-59-56-53-50-47-43-33-30-27-24-21-18-15-12-9-6-3)76-94-82(87)70-67-64-61-58-55-52-49-45-42-32-29-26-23-20-17-14-11-8-5-2/h7-8,10-11,16-21,25-30,34-35,37-38,40-43,45,47,52,55,78-80,84-85H,4-6,9,12-15,22-24,31-33,36,39,44,46,48-51,53-54,56-77H2,1-3H3,(H,89,90)(H,91,92)/b10-7-,11-8-,19-16-,20-17-,21-18-,28-25-,29-26-,30-27-,35-34-,38-37-,41-40-,45-42-,47-43-,55-52-. The maximum Gasteiger partial charge on any atom is 0.472 e. The van der Waals surface area contributed by atoms with E-state index in [4.69, 9.17) is 32.3 Å². The largest absolute Gasteiger partial charge is 0.472 e. The molecule has 0 aliphatic carbocycles. The molecule has 0 aromatic heterocycles. The summed E-state index contributed by atoms with van der Waals surface area (Å²) in [6.07, 6.45) is 93.9. The molecular formula is C83H136O16P2. The molecule has 4 N–H and O–H groups in total. The molecule has 0 aromatic carbocycles. The maximum atomic E-state index is 13.0. The van der Waals surface area contributed by atoms with Crippen molar-refractivity contribution in [3.8, 4) is 0 Å². The first-order valence-electron chi connectivity index (χ1n) is 38.4. The number of hydrogen-bond donors (Lipinski definition) is 4. The van der Waals surface area contributed by atoms with E-state index in [1.807, 2.05) is 0 Å². The van der Waals surface area contributed by atoms with E-state index in [1.165, 1.54) is 38.5 Å². The third-order valence-electron chi connectivity index (χ3n) is 15.4. The smallest absolute Gasteiger partial charge is 0.463 e. The number of phosphoric ester groups is 2. The third-order valence-corrected chi connectivity index (χ3v) is 17.3. The second kappa shape index (κ2) is 74.6. The molecule has 0 amide bonds. The van der Waals surface area contributed by atoms with Gasteiger partial charge in [-0.25, -0.2) is 9.13 Å². The normalized spacial score (nSPS) is 15.0. The zero-order chi connectivity index (χ0) is 73.7. The lowest BCUT2D eigenvalue weighted by atomic mass is 10.1. The molecule has 18 heteroatoms. The number of hydrogen-bond acceptors (Lipinski definition) is 14. The number of unbranched alkanes of at least 4 members (excludes halogenated alkanes) is 20. The van der Waals surface area contributed by atoms with Gasteiger partial charge in [-0.05, 0) is 154 Å². The first kappa shape index (κ1) is 95.9. The van der Waals surface area contributed by atoms with Gasteiger partial charge < -0.3 is 34.2 Å². The van der Waals surface area contributed by atoms with E-state index in [0.29, 0.717) is 19.3 Å². The quantitative estimate of drug-likeness (QED) is 0.0146. The Balaban J connectivity index is 4.68. The highest BCUT2D eigenvalue weighted by Gasteiger charge is 2.29. The van der Waals surface area contributed by atoms with Crippen molar-refractivity contribution in [3.05, 3.63) is 170 Å². The van der Waals surface area contributed by atoms with Crippen LogP contribution in [0.2, 0.25) is 0 Å². The van der Waals surface area contributed by atoms with Crippen molar-refractivity contribution < 1.29 is 75.8 Å². The summed E-state index contributed by atoms with van der Waals surface area (Å²) in [4.78, 5) is 58.6. The number of aliphatic hydroxyl groups is 2. The van der Waals surface area contributed by atoms with Crippen LogP contribution in [0.5, 0.6) is 0 Å². The lowest BCUT2D eigenvalue weighted by Gasteiger charge is -2.21. The summed E-state index contributed by atoms with van der Waals surface area (Å²) < 4.78 is 61.1. The lowest BCUT2D eigenvalue weighted by molar-refractivity contribution is -0.161. The SMILES string of the molecule is CC/C=C\C/C=C\C/C=C\C/C=C\C/C=C\C/C=C\CCCCCCCCCCC(=O)OCC(O)COP(=O)(O)OCC(O)COP(=O)(O)OCC(COC(=O)CCCCC/C=C\C/C=C\C/C=C\C/C=C\C/C=C\CC)OC(=O)CCCCCCCC/C=C\C/C=C\C/C=C\CCCCC. The highest BCUT2D eigenvalue weighted by atomic mass is 31.2. The Morgan fingerprint density at radius 1 is 0.287 bits per heavy atom. The molecule has 0 saturated carbocycles. The highest BCUT2D eigenvalue weighted by molar-refractivity contribution is 7.47. The van der Waals surface area contributed by atoms with Crippen LogP contribution in [0.4, 0.5) is 0 Å². The molecule has 0 rings (SSSR count). The molecule has 0 saturated heterocycles. The molecule has 0 aliphatic heterocycles. The van der Waals surface area contributed by atoms with E-state index in [9.17, 15) is 43.5 Å². The number of esters is 3. The summed E-state index contributed by atoms with van der Waals surface area (Å²) in [5, 5.41) is 20.6. The van der Waals surface area contributed by atoms with Crippen LogP contribution in [0.1, 0.15) is 278 Å². The van der Waals surface area contributed by atoms with Crippen LogP contribution < -0.4 is 0 Å². The molecule has 0 aromatic rings. The average Bonchev–Trinajstić information content (AvgIpc) is 3.19. The van der Waals surface area contributed by atoms with Crippen LogP contribution in [-0.4, -0.2) is 95.9 Å². The van der Waals surface area contributed by atoms with E-state index in [2.05, 4.69) is 191 Å². The van der Waals surface area contributed by atoms with E-state index in [1.54, 1.807) is 0 Å². The van der Waals surface area contributed by atoms with Gasteiger partial charge >= 0.3 is 33.6 Å². The molecule has 5 atom stereocenters. The van der Waals surface area contributed by atoms with E-state index in [0.717, 1.165) is 180 Å². The Labute approximate surface area is 612 Å². The van der Waals surface area contributed by atoms with E-state index in [-0.39, 0.29) is 19.3 Å². The maximum absolute atomic E-state index is 13.0. The number of carbonyl (C=O) groups is 3. The van der Waals surface area contributed by atoms with Crippen molar-refractivity contribution in [1.29, 1.82) is 0 Å². The van der Waals surface area contributed by atoms with Crippen molar-refractivity contribution in [2.24, 2.45) is 0 Å². The van der Waals surface area contributed by atoms with Crippen molar-refractivity contribution in [2.45, 2.75) is 296 Å². The Bertz CT molecular complexity index is 2520. The molecule has 574 valence electrons. The molecule has 5 unspecified atom stereocenters. The first-order valence-corrected chi connectivity index (χ1v) is 41.4. The summed E-state index contributed by atoms with van der Waals surface area (Å²) in [5.41, 5.74) is 0. The predicted molar refractivity (Wildman–Crippen MR) is 417 cm³/mol. The van der Waals surface area contributed by atoms with Gasteiger partial charge in [-0.2, -0.15) is 0 Å². The number of carbonyl (C=O) groups excluding carboxylic acids is 3. The van der Waals surface area contributed by atoms with Gasteiger partial charge in [0.05, 0.1) is 26.4 Å². The fourth-order valence-electron chi connectivity index (χ4n) is 9.61. The Hall–Kier alpha value is -5.09. The zero-order valence-electron chi connectivity index (χ0n) is 62.5. The van der Waals surface area contributed by atoms with Crippen LogP contribution in [0, 0.1) is 0 Å². The topological polar surface area (TPSA) is 231 Å². The lowest BCUT2D eigenvalue weighted by Crippen LogP contribution is -2.30. The zero-order valence-corrected chi connectivity index (χ0v) is 64.3. The van der Waals surface area contributed by atoms with Crippen LogP contribution in [-0.2, 0) is 55.8 Å². The molecule has 101 heavy (non-hydrogen) atoms. The Morgan fingerprint density at radius 3 is 0.842 bits per heavy atom. The number of aliphatic hydroxyl groups excluding tert-OH is 2. The molecule has 0 fully saturated rings. The molecule has 0 heterocycles. The summed E-state index contributed by atoms with van der Waals surface area (Å²) in [6.45, 7) is 2.34. The first-order chi connectivity index (χ1) is 49.2. The van der Waals surface area contributed by atoms with Crippen LogP contribution in [0.25, 0.3) is 0 Å². The molecule has 0 bridgehead atoms. The van der Waals surface area contributed by atoms with Crippen LogP contribution >= 0.6 is 15.6 Å². The summed E-state index contributed by atoms with van der Waals surface area (Å²) in [7, 11) is -9.82. The fourth-order valence-corrected chi connectivity index (χ4v) is 11.2. The summed E-state index contributed by atoms with van der Waals surface area (Å²) >= 11 is 0. The van der Waals surface area contributed by atoms with Gasteiger partial charge in [0.1, 0.15) is 25.4 Å². The van der Waals surface area contributed by atoms with Gasteiger partial charge in [-0.1, -0.05) is 274 Å². The van der Waals surface area contributed by atoms with E-state index >= 15 is 0 Å². The number of allylic oxidation sites excluding steroid dienone is 28. The second-order valence-corrected chi connectivity index (χ2v) is 27.9. The van der Waals surface area contributed by atoms with Crippen molar-refractivity contribution in [3.63, 3.8) is 0 Å². The number of ether oxygens (including phenoxy) is 3. The molecule has 0 aliphatic rings. The van der Waals surface area contributed by atoms with Crippen molar-refractivity contribution in [1.82, 2.24) is 0 Å². The third kappa shape index (κ3) is 75.9. The average molecular weight is 1450 g/mol. The van der Waals surface area contributed by atoms with Gasteiger partial charge in [0.25, 0.3) is 0 Å². The second-order valence-electron chi connectivity index (χ2n) is 25.0. The van der Waals surface area contributed by atoms with Gasteiger partial charge in [0, 0.05) is 19.3 Å². The Morgan fingerprint density at radius 2 is 0.525 bits per heavy atom. The van der Waals surface area contributed by atoms with Gasteiger partial charge in [0.2, 0.25) is 0 Å². The number of phosphoric acid groups is 2. The highest BCUT2D eigenvalue weighted by Crippen LogP contribution is 2.45. The monoisotopic (exact) mass is 1450 g/mol. The van der Waals surface area contributed by atoms with Gasteiger partial charge in [-0.15, -0.1) is 0 Å². The minimum Gasteiger partial charge on any atom is -0.463 e. The van der Waals surface area contributed by atoms with Gasteiger partial charge in [0.15, 0.2) is 6.10 Å². The van der Waals surface area contributed by atoms with E-state index < -0.39 is 91.5 Å². The van der Waals surface area contributed by atoms with Crippen LogP contribution in [0.3, 0.4) is 0 Å².